The van der Waals surface area contributed by atoms with Gasteiger partial charge in [0.15, 0.2) is 4.67 Å². The maximum Gasteiger partial charge on any atom is 0.169 e. The maximum atomic E-state index is 5.89. The van der Waals surface area contributed by atoms with E-state index in [0.717, 1.165) is 36.2 Å². The highest BCUT2D eigenvalue weighted by atomic mass is 79.9. The van der Waals surface area contributed by atoms with Crippen LogP contribution in [0.25, 0.3) is 0 Å². The molecule has 0 aliphatic heterocycles. The van der Waals surface area contributed by atoms with Crippen molar-refractivity contribution in [2.75, 3.05) is 6.54 Å². The average molecular weight is 284 g/mol. The molecule has 5 heteroatoms. The summed E-state index contributed by atoms with van der Waals surface area (Å²) in [7, 11) is 0. The topological polar surface area (TPSA) is 65.2 Å². The van der Waals surface area contributed by atoms with E-state index in [-0.39, 0.29) is 18.4 Å². The van der Waals surface area contributed by atoms with Crippen LogP contribution in [0.1, 0.15) is 31.1 Å². The van der Waals surface area contributed by atoms with Crippen molar-refractivity contribution < 1.29 is 4.42 Å². The van der Waals surface area contributed by atoms with Crippen molar-refractivity contribution in [2.45, 2.75) is 25.3 Å². The van der Waals surface area contributed by atoms with Crippen molar-refractivity contribution >= 4 is 28.3 Å². The Labute approximate surface area is 98.8 Å². The normalized spacial score (nSPS) is 12.2. The molecule has 4 N–H and O–H groups in total. The zero-order chi connectivity index (χ0) is 9.68. The molecule has 0 saturated heterocycles. The highest BCUT2D eigenvalue weighted by Crippen LogP contribution is 2.22. The van der Waals surface area contributed by atoms with Gasteiger partial charge in [0.1, 0.15) is 5.76 Å². The van der Waals surface area contributed by atoms with Gasteiger partial charge in [0, 0.05) is 0 Å². The summed E-state index contributed by atoms with van der Waals surface area (Å²) in [4.78, 5) is 0. The Bertz CT molecular complexity index is 255. The molecule has 1 atom stereocenters. The van der Waals surface area contributed by atoms with E-state index < -0.39 is 0 Å². The van der Waals surface area contributed by atoms with Crippen LogP contribution >= 0.6 is 28.3 Å². The summed E-state index contributed by atoms with van der Waals surface area (Å²) in [5, 5.41) is 0. The fourth-order valence-corrected chi connectivity index (χ4v) is 1.50. The molecule has 0 fully saturated rings. The lowest BCUT2D eigenvalue weighted by atomic mass is 10.1. The van der Waals surface area contributed by atoms with Crippen LogP contribution in [-0.4, -0.2) is 6.54 Å². The van der Waals surface area contributed by atoms with E-state index in [9.17, 15) is 0 Å². The summed E-state index contributed by atoms with van der Waals surface area (Å²) in [5.74, 6) is 0.837. The molecule has 0 aliphatic rings. The number of halogens is 2. The Balaban J connectivity index is 0.00000169. The minimum Gasteiger partial charge on any atom is -0.453 e. The van der Waals surface area contributed by atoms with Gasteiger partial charge in [-0.3, -0.25) is 0 Å². The lowest BCUT2D eigenvalue weighted by molar-refractivity contribution is 0.429. The Morgan fingerprint density at radius 1 is 1.36 bits per heavy atom. The molecule has 1 heterocycles. The Morgan fingerprint density at radius 2 is 2.07 bits per heavy atom. The third-order valence-corrected chi connectivity index (χ3v) is 2.35. The summed E-state index contributed by atoms with van der Waals surface area (Å²) in [6.45, 7) is 0.731. The molecule has 14 heavy (non-hydrogen) atoms. The quantitative estimate of drug-likeness (QED) is 0.816. The van der Waals surface area contributed by atoms with Crippen LogP contribution in [0.5, 0.6) is 0 Å². The molecule has 3 nitrogen and oxygen atoms in total. The van der Waals surface area contributed by atoms with Gasteiger partial charge in [0.05, 0.1) is 6.04 Å². The van der Waals surface area contributed by atoms with E-state index in [1.54, 1.807) is 0 Å². The summed E-state index contributed by atoms with van der Waals surface area (Å²) >= 11 is 3.24. The number of unbranched alkanes of at least 4 members (excludes halogenated alkanes) is 1. The number of hydrogen-bond acceptors (Lipinski definition) is 3. The first-order valence-electron chi connectivity index (χ1n) is 4.45. The molecule has 1 aromatic heterocycles. The van der Waals surface area contributed by atoms with Gasteiger partial charge in [0.2, 0.25) is 0 Å². The summed E-state index contributed by atoms with van der Waals surface area (Å²) < 4.78 is 6.07. The largest absolute Gasteiger partial charge is 0.453 e. The second kappa shape index (κ2) is 7.29. The van der Waals surface area contributed by atoms with Crippen LogP contribution in [-0.2, 0) is 0 Å². The highest BCUT2D eigenvalue weighted by Gasteiger charge is 2.09. The minimum absolute atomic E-state index is 0. The molecule has 0 bridgehead atoms. The Kier molecular flexibility index (Phi) is 7.27. The van der Waals surface area contributed by atoms with Crippen molar-refractivity contribution in [1.29, 1.82) is 0 Å². The van der Waals surface area contributed by atoms with Crippen LogP contribution in [0.15, 0.2) is 21.2 Å². The van der Waals surface area contributed by atoms with Gasteiger partial charge < -0.3 is 15.9 Å². The van der Waals surface area contributed by atoms with Crippen LogP contribution in [0.4, 0.5) is 0 Å². The molecule has 1 rings (SSSR count). The number of furan rings is 1. The van der Waals surface area contributed by atoms with E-state index >= 15 is 0 Å². The first-order chi connectivity index (χ1) is 6.24. The maximum absolute atomic E-state index is 5.89. The predicted molar refractivity (Wildman–Crippen MR) is 63.5 cm³/mol. The van der Waals surface area contributed by atoms with Crippen LogP contribution in [0, 0.1) is 0 Å². The molecule has 0 radical (unpaired) electrons. The van der Waals surface area contributed by atoms with Crippen LogP contribution in [0.3, 0.4) is 0 Å². The molecule has 0 unspecified atom stereocenters. The third kappa shape index (κ3) is 4.46. The molecular formula is C9H16BrClN2O. The highest BCUT2D eigenvalue weighted by molar-refractivity contribution is 9.10. The summed E-state index contributed by atoms with van der Waals surface area (Å²) in [6.07, 6.45) is 3.00. The van der Waals surface area contributed by atoms with E-state index in [1.807, 2.05) is 12.1 Å². The first-order valence-corrected chi connectivity index (χ1v) is 5.24. The van der Waals surface area contributed by atoms with Crippen molar-refractivity contribution in [2.24, 2.45) is 11.5 Å². The summed E-state index contributed by atoms with van der Waals surface area (Å²) in [5.41, 5.74) is 11.3. The van der Waals surface area contributed by atoms with Crippen LogP contribution < -0.4 is 11.5 Å². The monoisotopic (exact) mass is 282 g/mol. The van der Waals surface area contributed by atoms with E-state index in [2.05, 4.69) is 15.9 Å². The van der Waals surface area contributed by atoms with Gasteiger partial charge in [0.25, 0.3) is 0 Å². The van der Waals surface area contributed by atoms with Gasteiger partial charge >= 0.3 is 0 Å². The zero-order valence-corrected chi connectivity index (χ0v) is 10.3. The third-order valence-electron chi connectivity index (χ3n) is 1.93. The fourth-order valence-electron chi connectivity index (χ4n) is 1.18. The number of hydrogen-bond donors (Lipinski definition) is 2. The number of rotatable bonds is 5. The van der Waals surface area contributed by atoms with Gasteiger partial charge in [-0.15, -0.1) is 12.4 Å². The Hall–Kier alpha value is -0.0300. The zero-order valence-electron chi connectivity index (χ0n) is 7.91. The predicted octanol–water partition coefficient (Wildman–Crippen LogP) is 2.59. The van der Waals surface area contributed by atoms with Crippen molar-refractivity contribution in [3.63, 3.8) is 0 Å². The van der Waals surface area contributed by atoms with Gasteiger partial charge in [-0.25, -0.2) is 0 Å². The second-order valence-electron chi connectivity index (χ2n) is 3.03. The van der Waals surface area contributed by atoms with Crippen molar-refractivity contribution in [3.8, 4) is 0 Å². The molecule has 82 valence electrons. The van der Waals surface area contributed by atoms with Crippen molar-refractivity contribution in [1.82, 2.24) is 0 Å². The smallest absolute Gasteiger partial charge is 0.169 e. The van der Waals surface area contributed by atoms with E-state index in [1.165, 1.54) is 0 Å². The molecule has 0 aromatic carbocycles. The first kappa shape index (κ1) is 14.0. The standard InChI is InChI=1S/C9H15BrN2O.ClH/c10-9-5-4-8(13-9)7(12)3-1-2-6-11;/h4-5,7H,1-3,6,11-12H2;1H/t7-;/m1./s1. The van der Waals surface area contributed by atoms with E-state index in [0.29, 0.717) is 0 Å². The molecule has 1 aromatic rings. The SMILES string of the molecule is Cl.NCCCC[C@@H](N)c1ccc(Br)o1. The van der Waals surface area contributed by atoms with Gasteiger partial charge in [-0.2, -0.15) is 0 Å². The van der Waals surface area contributed by atoms with E-state index in [4.69, 9.17) is 15.9 Å². The van der Waals surface area contributed by atoms with Crippen molar-refractivity contribution in [3.05, 3.63) is 22.6 Å². The minimum atomic E-state index is -0.00199. The van der Waals surface area contributed by atoms with Crippen LogP contribution in [0.2, 0.25) is 0 Å². The molecule has 0 saturated carbocycles. The Morgan fingerprint density at radius 3 is 2.57 bits per heavy atom. The summed E-state index contributed by atoms with van der Waals surface area (Å²) in [6, 6.07) is 3.76. The van der Waals surface area contributed by atoms with Gasteiger partial charge in [-0.1, -0.05) is 6.42 Å². The molecule has 0 spiro atoms. The number of nitrogens with two attached hydrogens (primary N) is 2. The fraction of sp³-hybridized carbons (Fsp3) is 0.556. The van der Waals surface area contributed by atoms with Gasteiger partial charge in [-0.05, 0) is 47.4 Å². The molecule has 0 amide bonds. The second-order valence-corrected chi connectivity index (χ2v) is 3.81. The average Bonchev–Trinajstić information content (AvgIpc) is 2.52. The lowest BCUT2D eigenvalue weighted by Crippen LogP contribution is -2.10. The molecular weight excluding hydrogens is 267 g/mol. The lowest BCUT2D eigenvalue weighted by Gasteiger charge is -2.07. The molecule has 0 aliphatic carbocycles.